The zero-order valence-electron chi connectivity index (χ0n) is 9.02. The Bertz CT molecular complexity index is 469. The van der Waals surface area contributed by atoms with Gasteiger partial charge in [-0.05, 0) is 0 Å². The molecule has 4 nitrogen and oxygen atoms in total. The molecule has 0 amide bonds. The lowest BCUT2D eigenvalue weighted by molar-refractivity contribution is -0.147. The van der Waals surface area contributed by atoms with Crippen LogP contribution in [0.1, 0.15) is 6.42 Å². The van der Waals surface area contributed by atoms with Crippen LogP contribution in [-0.2, 0) is 6.54 Å². The minimum absolute atomic E-state index is 0.183. The van der Waals surface area contributed by atoms with Gasteiger partial charge in [0, 0.05) is 18.7 Å². The zero-order chi connectivity index (χ0) is 13.8. The molecule has 0 radical (unpaired) electrons. The Labute approximate surface area is 106 Å². The number of alkyl halides is 3. The van der Waals surface area contributed by atoms with E-state index in [0.717, 1.165) is 0 Å². The average Bonchev–Trinajstić information content (AvgIpc) is 2.63. The molecule has 0 N–H and O–H groups in total. The normalized spacial score (nSPS) is 13.1. The molecule has 0 saturated heterocycles. The predicted octanol–water partition coefficient (Wildman–Crippen LogP) is 2.77. The maximum atomic E-state index is 12.4. The van der Waals surface area contributed by atoms with Crippen molar-refractivity contribution in [3.8, 4) is 12.1 Å². The third-order valence-electron chi connectivity index (χ3n) is 2.27. The topological polar surface area (TPSA) is 65.4 Å². The molecule has 0 aromatic carbocycles. The van der Waals surface area contributed by atoms with Crippen molar-refractivity contribution in [1.82, 2.24) is 9.78 Å². The molecule has 1 unspecified atom stereocenters. The maximum absolute atomic E-state index is 12.4. The fourth-order valence-electron chi connectivity index (χ4n) is 1.50. The molecule has 0 aliphatic carbocycles. The summed E-state index contributed by atoms with van der Waals surface area (Å²) < 4.78 is 38.3. The summed E-state index contributed by atoms with van der Waals surface area (Å²) in [4.78, 5) is 0. The van der Waals surface area contributed by atoms with Crippen molar-refractivity contribution in [2.24, 2.45) is 11.8 Å². The smallest absolute Gasteiger partial charge is 0.271 e. The summed E-state index contributed by atoms with van der Waals surface area (Å²) >= 11 is 5.59. The summed E-state index contributed by atoms with van der Waals surface area (Å²) in [5.74, 6) is -2.51. The fraction of sp³-hybridized carbons (Fsp3) is 0.500. The molecule has 8 heteroatoms. The maximum Gasteiger partial charge on any atom is 0.389 e. The van der Waals surface area contributed by atoms with Crippen LogP contribution in [0.15, 0.2) is 12.4 Å². The number of aromatic nitrogens is 2. The Kier molecular flexibility index (Phi) is 4.57. The molecule has 0 spiro atoms. The molecule has 0 aliphatic heterocycles. The van der Waals surface area contributed by atoms with Crippen molar-refractivity contribution < 1.29 is 13.2 Å². The largest absolute Gasteiger partial charge is 0.389 e. The number of halogens is 4. The molecule has 1 aromatic heterocycles. The molecule has 1 atom stereocenters. The van der Waals surface area contributed by atoms with Crippen molar-refractivity contribution in [2.45, 2.75) is 19.1 Å². The van der Waals surface area contributed by atoms with Crippen LogP contribution in [0.4, 0.5) is 13.2 Å². The monoisotopic (exact) mass is 276 g/mol. The van der Waals surface area contributed by atoms with Crippen LogP contribution < -0.4 is 0 Å². The van der Waals surface area contributed by atoms with E-state index in [1.54, 1.807) is 12.1 Å². The summed E-state index contributed by atoms with van der Waals surface area (Å²) in [6, 6.07) is 3.13. The van der Waals surface area contributed by atoms with Gasteiger partial charge in [-0.3, -0.25) is 4.68 Å². The van der Waals surface area contributed by atoms with Crippen LogP contribution >= 0.6 is 11.6 Å². The highest BCUT2D eigenvalue weighted by molar-refractivity contribution is 6.30. The van der Waals surface area contributed by atoms with Crippen molar-refractivity contribution in [1.29, 1.82) is 10.5 Å². The van der Waals surface area contributed by atoms with Gasteiger partial charge >= 0.3 is 6.18 Å². The van der Waals surface area contributed by atoms with Gasteiger partial charge in [-0.1, -0.05) is 11.6 Å². The third-order valence-corrected chi connectivity index (χ3v) is 2.46. The SMILES string of the molecule is N#CC(C#N)C(Cn1cc(Cl)cn1)CC(F)(F)F. The van der Waals surface area contributed by atoms with Crippen molar-refractivity contribution >= 4 is 11.6 Å². The molecule has 0 fully saturated rings. The molecule has 1 heterocycles. The van der Waals surface area contributed by atoms with Gasteiger partial charge in [0.15, 0.2) is 0 Å². The number of rotatable bonds is 4. The van der Waals surface area contributed by atoms with Crippen molar-refractivity contribution in [3.63, 3.8) is 0 Å². The van der Waals surface area contributed by atoms with Crippen LogP contribution in [0.25, 0.3) is 0 Å². The van der Waals surface area contributed by atoms with Crippen LogP contribution in [0.5, 0.6) is 0 Å². The van der Waals surface area contributed by atoms with Gasteiger partial charge in [-0.2, -0.15) is 28.8 Å². The first-order valence-corrected chi connectivity index (χ1v) is 5.27. The van der Waals surface area contributed by atoms with Crippen LogP contribution in [0, 0.1) is 34.5 Å². The minimum Gasteiger partial charge on any atom is -0.271 e. The van der Waals surface area contributed by atoms with Gasteiger partial charge in [0.05, 0.1) is 29.8 Å². The number of hydrogen-bond donors (Lipinski definition) is 0. The highest BCUT2D eigenvalue weighted by Gasteiger charge is 2.36. The van der Waals surface area contributed by atoms with E-state index in [0.29, 0.717) is 0 Å². The van der Waals surface area contributed by atoms with Gasteiger partial charge in [-0.25, -0.2) is 0 Å². The van der Waals surface area contributed by atoms with E-state index in [4.69, 9.17) is 22.1 Å². The Morgan fingerprint density at radius 1 is 1.39 bits per heavy atom. The fourth-order valence-corrected chi connectivity index (χ4v) is 1.66. The van der Waals surface area contributed by atoms with Gasteiger partial charge in [0.2, 0.25) is 0 Å². The Morgan fingerprint density at radius 2 is 2.00 bits per heavy atom. The predicted molar refractivity (Wildman–Crippen MR) is 56.1 cm³/mol. The molecular formula is C10H8ClF3N4. The standard InChI is InChI=1S/C10H8ClF3N4/c11-9-4-17-18(6-9)5-7(1-10(12,13)14)8(2-15)3-16/h4,6-8H,1,5H2. The number of nitrogens with zero attached hydrogens (tertiary/aromatic N) is 4. The highest BCUT2D eigenvalue weighted by Crippen LogP contribution is 2.30. The molecule has 0 saturated carbocycles. The van der Waals surface area contributed by atoms with Crippen LogP contribution in [0.2, 0.25) is 5.02 Å². The van der Waals surface area contributed by atoms with Gasteiger partial charge in [0.25, 0.3) is 0 Å². The molecule has 96 valence electrons. The second-order valence-corrected chi connectivity index (χ2v) is 4.13. The summed E-state index contributed by atoms with van der Waals surface area (Å²) in [6.07, 6.45) is -3.03. The van der Waals surface area contributed by atoms with E-state index in [1.807, 2.05) is 0 Å². The molecule has 18 heavy (non-hydrogen) atoms. The number of hydrogen-bond acceptors (Lipinski definition) is 3. The van der Waals surface area contributed by atoms with E-state index < -0.39 is 24.4 Å². The lowest BCUT2D eigenvalue weighted by Crippen LogP contribution is -2.25. The zero-order valence-corrected chi connectivity index (χ0v) is 9.78. The molecule has 1 rings (SSSR count). The summed E-state index contributed by atoms with van der Waals surface area (Å²) in [5.41, 5.74) is 0. The summed E-state index contributed by atoms with van der Waals surface area (Å²) in [7, 11) is 0. The van der Waals surface area contributed by atoms with Crippen molar-refractivity contribution in [2.75, 3.05) is 0 Å². The lowest BCUT2D eigenvalue weighted by Gasteiger charge is -2.18. The van der Waals surface area contributed by atoms with E-state index in [2.05, 4.69) is 5.10 Å². The first kappa shape index (κ1) is 14.3. The van der Waals surface area contributed by atoms with E-state index >= 15 is 0 Å². The second-order valence-electron chi connectivity index (χ2n) is 3.70. The van der Waals surface area contributed by atoms with Crippen LogP contribution in [0.3, 0.4) is 0 Å². The van der Waals surface area contributed by atoms with Gasteiger partial charge in [-0.15, -0.1) is 0 Å². The molecule has 0 aliphatic rings. The van der Waals surface area contributed by atoms with E-state index in [1.165, 1.54) is 17.1 Å². The van der Waals surface area contributed by atoms with Gasteiger partial charge < -0.3 is 0 Å². The molecule has 0 bridgehead atoms. The summed E-state index contributed by atoms with van der Waals surface area (Å²) in [5, 5.41) is 21.4. The quantitative estimate of drug-likeness (QED) is 0.849. The van der Waals surface area contributed by atoms with E-state index in [9.17, 15) is 13.2 Å². The second kappa shape index (κ2) is 5.74. The van der Waals surface area contributed by atoms with Gasteiger partial charge in [0.1, 0.15) is 5.92 Å². The van der Waals surface area contributed by atoms with E-state index in [-0.39, 0.29) is 11.6 Å². The van der Waals surface area contributed by atoms with Crippen molar-refractivity contribution in [3.05, 3.63) is 17.4 Å². The van der Waals surface area contributed by atoms with Crippen LogP contribution in [-0.4, -0.2) is 16.0 Å². The molecular weight excluding hydrogens is 269 g/mol. The first-order valence-electron chi connectivity index (χ1n) is 4.89. The molecule has 1 aromatic rings. The average molecular weight is 277 g/mol. The Balaban J connectivity index is 2.85. The Hall–Kier alpha value is -1.73. The summed E-state index contributed by atoms with van der Waals surface area (Å²) in [6.45, 7) is -0.183. The first-order chi connectivity index (χ1) is 8.35. The minimum atomic E-state index is -4.44. The lowest BCUT2D eigenvalue weighted by atomic mass is 9.91. The third kappa shape index (κ3) is 4.27. The number of nitriles is 2. The Morgan fingerprint density at radius 3 is 2.39 bits per heavy atom. The highest BCUT2D eigenvalue weighted by atomic mass is 35.5.